The average molecular weight is 269 g/mol. The van der Waals surface area contributed by atoms with Gasteiger partial charge in [-0.3, -0.25) is 0 Å². The van der Waals surface area contributed by atoms with Crippen LogP contribution in [0.2, 0.25) is 0 Å². The van der Waals surface area contributed by atoms with Gasteiger partial charge in [0.2, 0.25) is 0 Å². The highest BCUT2D eigenvalue weighted by molar-refractivity contribution is 5.91. The summed E-state index contributed by atoms with van der Waals surface area (Å²) < 4.78 is 10.4. The van der Waals surface area contributed by atoms with Crippen LogP contribution in [-0.4, -0.2) is 26.2 Å². The molecule has 2 aromatic rings. The van der Waals surface area contributed by atoms with Gasteiger partial charge in [0.25, 0.3) is 0 Å². The molecule has 0 aliphatic carbocycles. The Labute approximate surface area is 117 Å². The summed E-state index contributed by atoms with van der Waals surface area (Å²) in [5.74, 6) is 0.444. The number of para-hydroxylation sites is 1. The number of rotatable bonds is 2. The number of nitrogens with zero attached hydrogens (tertiary/aromatic N) is 1. The number of hydrogen-bond donors (Lipinski definition) is 0. The number of carbonyl (C=O) groups is 1. The Morgan fingerprint density at radius 1 is 1.20 bits per heavy atom. The summed E-state index contributed by atoms with van der Waals surface area (Å²) in [6.07, 6.45) is 0. The average Bonchev–Trinajstić information content (AvgIpc) is 2.54. The van der Waals surface area contributed by atoms with Gasteiger partial charge in [-0.05, 0) is 30.3 Å². The highest BCUT2D eigenvalue weighted by Gasteiger charge is 2.21. The first-order chi connectivity index (χ1) is 9.79. The van der Waals surface area contributed by atoms with Crippen molar-refractivity contribution >= 4 is 17.3 Å². The van der Waals surface area contributed by atoms with Crippen molar-refractivity contribution in [3.63, 3.8) is 0 Å². The van der Waals surface area contributed by atoms with Gasteiger partial charge in [0, 0.05) is 5.69 Å². The molecule has 1 aliphatic rings. The number of carbonyl (C=O) groups excluding carboxylic acids is 1. The molecule has 1 aliphatic heterocycles. The number of ether oxygens (including phenoxy) is 2. The van der Waals surface area contributed by atoms with Gasteiger partial charge in [0.05, 0.1) is 24.9 Å². The van der Waals surface area contributed by atoms with Crippen molar-refractivity contribution in [2.45, 2.75) is 0 Å². The van der Waals surface area contributed by atoms with E-state index in [1.807, 2.05) is 42.5 Å². The summed E-state index contributed by atoms with van der Waals surface area (Å²) in [7, 11) is 1.38. The van der Waals surface area contributed by atoms with Gasteiger partial charge in [-0.15, -0.1) is 0 Å². The van der Waals surface area contributed by atoms with E-state index < -0.39 is 0 Å². The quantitative estimate of drug-likeness (QED) is 0.786. The molecule has 0 spiro atoms. The Hall–Kier alpha value is -2.49. The molecule has 1 heterocycles. The van der Waals surface area contributed by atoms with E-state index in [0.29, 0.717) is 12.2 Å². The van der Waals surface area contributed by atoms with Crippen molar-refractivity contribution in [1.29, 1.82) is 0 Å². The maximum Gasteiger partial charge on any atom is 0.337 e. The summed E-state index contributed by atoms with van der Waals surface area (Å²) in [6.45, 7) is 1.38. The number of fused-ring (bicyclic) bond motifs is 1. The molecule has 0 saturated carbocycles. The van der Waals surface area contributed by atoms with Crippen LogP contribution in [0.25, 0.3) is 0 Å². The smallest absolute Gasteiger partial charge is 0.337 e. The van der Waals surface area contributed by atoms with E-state index in [2.05, 4.69) is 4.90 Å². The minimum Gasteiger partial charge on any atom is -0.490 e. The van der Waals surface area contributed by atoms with E-state index in [4.69, 9.17) is 9.47 Å². The van der Waals surface area contributed by atoms with E-state index in [9.17, 15) is 4.79 Å². The molecule has 2 aromatic carbocycles. The van der Waals surface area contributed by atoms with E-state index in [-0.39, 0.29) is 5.97 Å². The van der Waals surface area contributed by atoms with Crippen LogP contribution >= 0.6 is 0 Å². The molecule has 0 atom stereocenters. The minimum atomic E-state index is -0.341. The highest BCUT2D eigenvalue weighted by atomic mass is 16.5. The van der Waals surface area contributed by atoms with E-state index in [1.54, 1.807) is 6.07 Å². The topological polar surface area (TPSA) is 38.8 Å². The molecule has 4 nitrogen and oxygen atoms in total. The Morgan fingerprint density at radius 3 is 2.75 bits per heavy atom. The van der Waals surface area contributed by atoms with Crippen LogP contribution in [0.3, 0.4) is 0 Å². The van der Waals surface area contributed by atoms with Gasteiger partial charge in [-0.25, -0.2) is 4.79 Å². The highest BCUT2D eigenvalue weighted by Crippen LogP contribution is 2.37. The number of benzene rings is 2. The Kier molecular flexibility index (Phi) is 3.29. The Bertz CT molecular complexity index is 625. The lowest BCUT2D eigenvalue weighted by Gasteiger charge is -2.31. The molecule has 0 amide bonds. The first-order valence-corrected chi connectivity index (χ1v) is 6.47. The second-order valence-electron chi connectivity index (χ2n) is 4.51. The van der Waals surface area contributed by atoms with Gasteiger partial charge in [0.15, 0.2) is 0 Å². The second kappa shape index (κ2) is 5.25. The van der Waals surface area contributed by atoms with Crippen LogP contribution in [0.5, 0.6) is 5.75 Å². The normalized spacial score (nSPS) is 13.3. The Balaban J connectivity index is 2.04. The first-order valence-electron chi connectivity index (χ1n) is 6.47. The van der Waals surface area contributed by atoms with Crippen molar-refractivity contribution in [2.75, 3.05) is 25.2 Å². The lowest BCUT2D eigenvalue weighted by atomic mass is 10.1. The largest absolute Gasteiger partial charge is 0.490 e. The fourth-order valence-corrected chi connectivity index (χ4v) is 2.34. The molecular weight excluding hydrogens is 254 g/mol. The van der Waals surface area contributed by atoms with Gasteiger partial charge >= 0.3 is 5.97 Å². The predicted molar refractivity (Wildman–Crippen MR) is 76.7 cm³/mol. The molecular formula is C16H15NO3. The molecule has 0 unspecified atom stereocenters. The zero-order valence-corrected chi connectivity index (χ0v) is 11.2. The first kappa shape index (κ1) is 12.5. The summed E-state index contributed by atoms with van der Waals surface area (Å²) >= 11 is 0. The molecule has 3 rings (SSSR count). The summed E-state index contributed by atoms with van der Waals surface area (Å²) in [4.78, 5) is 13.8. The molecule has 0 radical (unpaired) electrons. The van der Waals surface area contributed by atoms with Crippen molar-refractivity contribution in [2.24, 2.45) is 0 Å². The fraction of sp³-hybridized carbons (Fsp3) is 0.188. The molecule has 102 valence electrons. The summed E-state index contributed by atoms with van der Waals surface area (Å²) in [5, 5.41) is 0. The van der Waals surface area contributed by atoms with Gasteiger partial charge in [-0.1, -0.05) is 18.2 Å². The van der Waals surface area contributed by atoms with Gasteiger partial charge in [0.1, 0.15) is 12.4 Å². The molecule has 0 bridgehead atoms. The summed E-state index contributed by atoms with van der Waals surface area (Å²) in [5.41, 5.74) is 2.50. The van der Waals surface area contributed by atoms with Crippen molar-refractivity contribution < 1.29 is 14.3 Å². The SMILES string of the molecule is COC(=O)c1ccc2c(c1)N(c1ccccc1)CCO2. The van der Waals surface area contributed by atoms with Crippen LogP contribution < -0.4 is 9.64 Å². The van der Waals surface area contributed by atoms with Crippen molar-refractivity contribution in [3.05, 3.63) is 54.1 Å². The third-order valence-corrected chi connectivity index (χ3v) is 3.31. The lowest BCUT2D eigenvalue weighted by Crippen LogP contribution is -2.28. The van der Waals surface area contributed by atoms with Crippen molar-refractivity contribution in [1.82, 2.24) is 0 Å². The molecule has 0 aromatic heterocycles. The predicted octanol–water partition coefficient (Wildman–Crippen LogP) is 3.00. The third-order valence-electron chi connectivity index (χ3n) is 3.31. The number of anilines is 2. The van der Waals surface area contributed by atoms with Crippen molar-refractivity contribution in [3.8, 4) is 5.75 Å². The number of methoxy groups -OCH3 is 1. The molecule has 20 heavy (non-hydrogen) atoms. The Morgan fingerprint density at radius 2 is 2.00 bits per heavy atom. The standard InChI is InChI=1S/C16H15NO3/c1-19-16(18)12-7-8-15-14(11-12)17(9-10-20-15)13-5-3-2-4-6-13/h2-8,11H,9-10H2,1H3. The second-order valence-corrected chi connectivity index (χ2v) is 4.51. The molecule has 0 saturated heterocycles. The fourth-order valence-electron chi connectivity index (χ4n) is 2.34. The molecule has 4 heteroatoms. The maximum atomic E-state index is 11.7. The zero-order valence-electron chi connectivity index (χ0n) is 11.2. The molecule has 0 N–H and O–H groups in total. The van der Waals surface area contributed by atoms with Crippen LogP contribution in [0.1, 0.15) is 10.4 Å². The van der Waals surface area contributed by atoms with Crippen LogP contribution in [0.4, 0.5) is 11.4 Å². The summed E-state index contributed by atoms with van der Waals surface area (Å²) in [6, 6.07) is 15.4. The van der Waals surface area contributed by atoms with E-state index in [1.165, 1.54) is 7.11 Å². The third kappa shape index (κ3) is 2.20. The van der Waals surface area contributed by atoms with Gasteiger partial charge in [-0.2, -0.15) is 0 Å². The molecule has 0 fully saturated rings. The number of esters is 1. The lowest BCUT2D eigenvalue weighted by molar-refractivity contribution is 0.0600. The van der Waals surface area contributed by atoms with Gasteiger partial charge < -0.3 is 14.4 Å². The van der Waals surface area contributed by atoms with E-state index in [0.717, 1.165) is 23.7 Å². The maximum absolute atomic E-state index is 11.7. The monoisotopic (exact) mass is 269 g/mol. The zero-order chi connectivity index (χ0) is 13.9. The number of hydrogen-bond acceptors (Lipinski definition) is 4. The van der Waals surface area contributed by atoms with Crippen LogP contribution in [0, 0.1) is 0 Å². The minimum absolute atomic E-state index is 0.341. The van der Waals surface area contributed by atoms with E-state index >= 15 is 0 Å². The van der Waals surface area contributed by atoms with Crippen LogP contribution in [0.15, 0.2) is 48.5 Å². The van der Waals surface area contributed by atoms with Crippen LogP contribution in [-0.2, 0) is 4.74 Å².